The summed E-state index contributed by atoms with van der Waals surface area (Å²) in [4.78, 5) is 22.0. The minimum Gasteiger partial charge on any atom is -0.361 e. The highest BCUT2D eigenvalue weighted by Gasteiger charge is 2.24. The lowest BCUT2D eigenvalue weighted by atomic mass is 10.1. The molecule has 10 heteroatoms. The third kappa shape index (κ3) is 4.66. The zero-order valence-electron chi connectivity index (χ0n) is 16.4. The van der Waals surface area contributed by atoms with Crippen LogP contribution in [0.3, 0.4) is 0 Å². The van der Waals surface area contributed by atoms with Crippen molar-refractivity contribution in [2.75, 3.05) is 18.4 Å². The van der Waals surface area contributed by atoms with Gasteiger partial charge in [-0.15, -0.1) is 0 Å². The van der Waals surface area contributed by atoms with Crippen LogP contribution < -0.4 is 21.2 Å². The van der Waals surface area contributed by atoms with Gasteiger partial charge in [0, 0.05) is 24.5 Å². The van der Waals surface area contributed by atoms with E-state index in [-0.39, 0.29) is 27.7 Å². The van der Waals surface area contributed by atoms with E-state index in [0.29, 0.717) is 29.5 Å². The summed E-state index contributed by atoms with van der Waals surface area (Å²) in [7, 11) is 0. The Kier molecular flexibility index (Phi) is 6.41. The highest BCUT2D eigenvalue weighted by Crippen LogP contribution is 2.30. The van der Waals surface area contributed by atoms with Crippen LogP contribution in [0.4, 0.5) is 15.9 Å². The first-order valence-electron chi connectivity index (χ1n) is 9.72. The normalized spacial score (nSPS) is 18.3. The van der Waals surface area contributed by atoms with E-state index < -0.39 is 12.0 Å². The van der Waals surface area contributed by atoms with E-state index in [1.54, 1.807) is 11.1 Å². The van der Waals surface area contributed by atoms with Crippen molar-refractivity contribution in [2.24, 2.45) is 0 Å². The van der Waals surface area contributed by atoms with Crippen molar-refractivity contribution in [3.8, 4) is 0 Å². The molecule has 0 bridgehead atoms. The average molecular weight is 464 g/mol. The molecule has 2 aliphatic rings. The summed E-state index contributed by atoms with van der Waals surface area (Å²) in [6, 6.07) is 3.00. The largest absolute Gasteiger partial charge is 0.361 e. The molecule has 1 saturated heterocycles. The van der Waals surface area contributed by atoms with Crippen molar-refractivity contribution in [2.45, 2.75) is 25.2 Å². The number of carbonyl (C=O) groups is 1. The van der Waals surface area contributed by atoms with E-state index in [1.165, 1.54) is 24.5 Å². The second kappa shape index (κ2) is 9.21. The Morgan fingerprint density at radius 2 is 2.10 bits per heavy atom. The summed E-state index contributed by atoms with van der Waals surface area (Å²) < 4.78 is 20.6. The third-order valence-corrected chi connectivity index (χ3v) is 5.95. The maximum atomic E-state index is 14.5. The maximum Gasteiger partial charge on any atom is 0.245 e. The van der Waals surface area contributed by atoms with Gasteiger partial charge in [-0.2, -0.15) is 0 Å². The van der Waals surface area contributed by atoms with Gasteiger partial charge in [0.15, 0.2) is 5.82 Å². The van der Waals surface area contributed by atoms with Gasteiger partial charge in [-0.3, -0.25) is 4.79 Å². The zero-order valence-corrected chi connectivity index (χ0v) is 18.0. The zero-order chi connectivity index (χ0) is 22.0. The molecular formula is C21H20Cl2FN5O2. The van der Waals surface area contributed by atoms with Crippen LogP contribution in [-0.4, -0.2) is 46.2 Å². The Morgan fingerprint density at radius 3 is 2.84 bits per heavy atom. The number of fused-ring (bicyclic) bond motifs is 1. The number of likely N-dealkylation sites (tertiary alicyclic amines) is 1. The molecule has 1 aromatic heterocycles. The second-order valence-electron chi connectivity index (χ2n) is 7.13. The number of halogens is 3. The van der Waals surface area contributed by atoms with Gasteiger partial charge in [0.1, 0.15) is 18.4 Å². The molecule has 1 aromatic carbocycles. The molecule has 1 unspecified atom stereocenters. The fourth-order valence-electron chi connectivity index (χ4n) is 3.53. The summed E-state index contributed by atoms with van der Waals surface area (Å²) in [5, 5.41) is 7.41. The molecule has 0 spiro atoms. The molecule has 162 valence electrons. The molecule has 31 heavy (non-hydrogen) atoms. The Hall–Kier alpha value is -2.68. The topological polar surface area (TPSA) is 79.4 Å². The maximum absolute atomic E-state index is 14.5. The van der Waals surface area contributed by atoms with Crippen LogP contribution in [0.25, 0.3) is 12.3 Å². The van der Waals surface area contributed by atoms with E-state index >= 15 is 0 Å². The van der Waals surface area contributed by atoms with Gasteiger partial charge in [-0.1, -0.05) is 29.8 Å². The molecule has 0 aliphatic carbocycles. The third-order valence-electron chi connectivity index (χ3n) is 5.17. The molecule has 0 saturated carbocycles. The second-order valence-corrected chi connectivity index (χ2v) is 7.92. The fourth-order valence-corrected chi connectivity index (χ4v) is 3.84. The molecule has 1 fully saturated rings. The fraction of sp³-hybridized carbons (Fsp3) is 0.286. The van der Waals surface area contributed by atoms with E-state index in [0.717, 1.165) is 12.8 Å². The lowest BCUT2D eigenvalue weighted by molar-refractivity contribution is -0.129. The first kappa shape index (κ1) is 21.5. The van der Waals surface area contributed by atoms with Gasteiger partial charge in [0.05, 0.1) is 27.2 Å². The summed E-state index contributed by atoms with van der Waals surface area (Å²) in [5.74, 6) is -0.307. The average Bonchev–Trinajstić information content (AvgIpc) is 2.79. The number of anilines is 2. The van der Waals surface area contributed by atoms with Gasteiger partial charge in [-0.05, 0) is 37.1 Å². The van der Waals surface area contributed by atoms with Crippen LogP contribution in [0.1, 0.15) is 12.8 Å². The van der Waals surface area contributed by atoms with E-state index in [1.807, 2.05) is 6.08 Å². The Labute approximate surface area is 188 Å². The van der Waals surface area contributed by atoms with Gasteiger partial charge >= 0.3 is 0 Å². The molecule has 2 aromatic rings. The number of benzene rings is 1. The molecule has 4 rings (SSSR count). The standard InChI is InChI=1S/C21H20Cl2FN5O2/c1-2-18(30)29-7-5-12(6-8-29)31-17-9-13-16(10-25-17)26-11-27-21(13)28-15-4-3-14(22)19(23)20(15)24/h2-4,9-12,17,25H,1,5-8H2,(H,26,27,28). The number of nitrogens with zero attached hydrogens (tertiary/aromatic N) is 3. The van der Waals surface area contributed by atoms with Crippen LogP contribution in [0.5, 0.6) is 0 Å². The van der Waals surface area contributed by atoms with Gasteiger partial charge < -0.3 is 20.3 Å². The lowest BCUT2D eigenvalue weighted by Crippen LogP contribution is -2.46. The monoisotopic (exact) mass is 463 g/mol. The summed E-state index contributed by atoms with van der Waals surface area (Å²) >= 11 is 11.8. The molecule has 2 N–H and O–H groups in total. The number of aromatic nitrogens is 2. The van der Waals surface area contributed by atoms with Crippen molar-refractivity contribution in [1.82, 2.24) is 20.2 Å². The smallest absolute Gasteiger partial charge is 0.245 e. The number of hydrogen-bond donors (Lipinski definition) is 2. The van der Waals surface area contributed by atoms with Crippen molar-refractivity contribution < 1.29 is 13.9 Å². The predicted octanol–water partition coefficient (Wildman–Crippen LogP) is 2.31. The van der Waals surface area contributed by atoms with Crippen LogP contribution in [0, 0.1) is 5.82 Å². The van der Waals surface area contributed by atoms with Crippen LogP contribution >= 0.6 is 23.2 Å². The first-order valence-corrected chi connectivity index (χ1v) is 10.5. The van der Waals surface area contributed by atoms with E-state index in [2.05, 4.69) is 27.2 Å². The Balaban J connectivity index is 1.52. The Bertz CT molecular complexity index is 1140. The number of ether oxygens (including phenoxy) is 1. The molecule has 3 heterocycles. The molecule has 2 aliphatic heterocycles. The predicted molar refractivity (Wildman–Crippen MR) is 118 cm³/mol. The highest BCUT2D eigenvalue weighted by molar-refractivity contribution is 6.42. The summed E-state index contributed by atoms with van der Waals surface area (Å²) in [5.41, 5.74) is 0.152. The summed E-state index contributed by atoms with van der Waals surface area (Å²) in [6.07, 6.45) is 7.32. The van der Waals surface area contributed by atoms with Crippen LogP contribution in [0.2, 0.25) is 10.0 Å². The quantitative estimate of drug-likeness (QED) is 0.523. The summed E-state index contributed by atoms with van der Waals surface area (Å²) in [6.45, 7) is 4.77. The van der Waals surface area contributed by atoms with Crippen molar-refractivity contribution in [3.63, 3.8) is 0 Å². The minimum absolute atomic E-state index is 0.00822. The molecule has 0 radical (unpaired) electrons. The van der Waals surface area contributed by atoms with Gasteiger partial charge in [0.2, 0.25) is 5.91 Å². The number of piperidine rings is 1. The highest BCUT2D eigenvalue weighted by atomic mass is 35.5. The SMILES string of the molecule is C=CC(=O)N1CCC(OC2C=c3c(Nc4ccc(Cl)c(Cl)c4F)ncnc3=CN2)CC1. The number of amides is 1. The number of hydrogen-bond acceptors (Lipinski definition) is 6. The Morgan fingerprint density at radius 1 is 1.32 bits per heavy atom. The van der Waals surface area contributed by atoms with E-state index in [9.17, 15) is 9.18 Å². The van der Waals surface area contributed by atoms with Crippen molar-refractivity contribution in [1.29, 1.82) is 0 Å². The van der Waals surface area contributed by atoms with Crippen LogP contribution in [0.15, 0.2) is 31.1 Å². The van der Waals surface area contributed by atoms with Crippen LogP contribution in [-0.2, 0) is 9.53 Å². The minimum atomic E-state index is -0.659. The number of nitrogens with one attached hydrogen (secondary N) is 2. The van der Waals surface area contributed by atoms with Crippen molar-refractivity contribution >= 4 is 52.9 Å². The van der Waals surface area contributed by atoms with Crippen molar-refractivity contribution in [3.05, 3.63) is 57.5 Å². The molecular weight excluding hydrogens is 444 g/mol. The van der Waals surface area contributed by atoms with Gasteiger partial charge in [0.25, 0.3) is 0 Å². The molecule has 1 amide bonds. The number of carbonyl (C=O) groups excluding carboxylic acids is 1. The molecule has 7 nitrogen and oxygen atoms in total. The number of rotatable bonds is 5. The van der Waals surface area contributed by atoms with E-state index in [4.69, 9.17) is 27.9 Å². The molecule has 1 atom stereocenters. The first-order chi connectivity index (χ1) is 15.0. The lowest BCUT2D eigenvalue weighted by Gasteiger charge is -2.33. The van der Waals surface area contributed by atoms with Gasteiger partial charge in [-0.25, -0.2) is 14.4 Å².